The monoisotopic (exact) mass is 212 g/mol. The first-order valence-electron chi connectivity index (χ1n) is 4.51. The smallest absolute Gasteiger partial charge is 0.194 e. The minimum atomic E-state index is -0.661. The zero-order chi connectivity index (χ0) is 11.4. The summed E-state index contributed by atoms with van der Waals surface area (Å²) in [6.45, 7) is 1.57. The van der Waals surface area contributed by atoms with Gasteiger partial charge in [0.15, 0.2) is 17.3 Å². The Kier molecular flexibility index (Phi) is 3.80. The lowest BCUT2D eigenvalue weighted by Gasteiger charge is -2.10. The molecule has 82 valence electrons. The molecule has 0 N–H and O–H groups in total. The highest BCUT2D eigenvalue weighted by molar-refractivity contribution is 5.99. The van der Waals surface area contributed by atoms with Crippen molar-refractivity contribution in [1.82, 2.24) is 0 Å². The lowest BCUT2D eigenvalue weighted by atomic mass is 10.1. The molecule has 0 aliphatic rings. The number of rotatable bonds is 4. The zero-order valence-electron chi connectivity index (χ0n) is 8.91. The Bertz CT molecular complexity index is 363. The van der Waals surface area contributed by atoms with Crippen molar-refractivity contribution in [3.05, 3.63) is 29.6 Å². The molecular weight excluding hydrogens is 199 g/mol. The second-order valence-corrected chi connectivity index (χ2v) is 3.06. The maximum Gasteiger partial charge on any atom is 0.194 e. The number of carbonyl (C=O) groups excluding carboxylic acids is 1. The fraction of sp³-hybridized carbons (Fsp3) is 0.364. The lowest BCUT2D eigenvalue weighted by molar-refractivity contribution is 0.0650. The SMILES string of the molecule is COc1cccc(C(=O)C(C)OC)c1F. The molecule has 0 fully saturated rings. The van der Waals surface area contributed by atoms with Crippen molar-refractivity contribution in [2.24, 2.45) is 0 Å². The van der Waals surface area contributed by atoms with Gasteiger partial charge in [-0.1, -0.05) is 6.07 Å². The van der Waals surface area contributed by atoms with Gasteiger partial charge in [0.2, 0.25) is 0 Å². The highest BCUT2D eigenvalue weighted by Gasteiger charge is 2.20. The average molecular weight is 212 g/mol. The molecule has 1 aromatic carbocycles. The van der Waals surface area contributed by atoms with E-state index >= 15 is 0 Å². The van der Waals surface area contributed by atoms with Gasteiger partial charge in [-0.05, 0) is 19.1 Å². The van der Waals surface area contributed by atoms with E-state index < -0.39 is 17.7 Å². The molecule has 0 aromatic heterocycles. The summed E-state index contributed by atoms with van der Waals surface area (Å²) in [7, 11) is 2.76. The summed E-state index contributed by atoms with van der Waals surface area (Å²) >= 11 is 0. The van der Waals surface area contributed by atoms with E-state index in [-0.39, 0.29) is 11.3 Å². The molecule has 1 rings (SSSR count). The van der Waals surface area contributed by atoms with E-state index in [2.05, 4.69) is 0 Å². The third-order valence-electron chi connectivity index (χ3n) is 2.17. The Balaban J connectivity index is 3.09. The second-order valence-electron chi connectivity index (χ2n) is 3.06. The molecule has 0 saturated carbocycles. The Morgan fingerprint density at radius 2 is 2.07 bits per heavy atom. The minimum Gasteiger partial charge on any atom is -0.494 e. The summed E-state index contributed by atoms with van der Waals surface area (Å²) in [5.41, 5.74) is -0.0105. The molecule has 0 spiro atoms. The molecule has 1 atom stereocenters. The normalized spacial score (nSPS) is 12.3. The molecule has 0 amide bonds. The Hall–Kier alpha value is -1.42. The van der Waals surface area contributed by atoms with E-state index in [0.717, 1.165) is 0 Å². The van der Waals surface area contributed by atoms with Crippen LogP contribution in [0.4, 0.5) is 4.39 Å². The first-order valence-corrected chi connectivity index (χ1v) is 4.51. The fourth-order valence-corrected chi connectivity index (χ4v) is 1.18. The van der Waals surface area contributed by atoms with Crippen LogP contribution in [0.25, 0.3) is 0 Å². The van der Waals surface area contributed by atoms with Gasteiger partial charge in [0.25, 0.3) is 0 Å². The van der Waals surface area contributed by atoms with E-state index in [1.807, 2.05) is 0 Å². The summed E-state index contributed by atoms with van der Waals surface area (Å²) in [6, 6.07) is 4.44. The Morgan fingerprint density at radius 3 is 2.60 bits per heavy atom. The molecule has 3 nitrogen and oxygen atoms in total. The number of hydrogen-bond donors (Lipinski definition) is 0. The molecule has 0 heterocycles. The minimum absolute atomic E-state index is 0.0105. The van der Waals surface area contributed by atoms with Crippen LogP contribution in [-0.2, 0) is 4.74 Å². The number of halogens is 1. The Morgan fingerprint density at radius 1 is 1.40 bits per heavy atom. The predicted molar refractivity (Wildman–Crippen MR) is 53.8 cm³/mol. The lowest BCUT2D eigenvalue weighted by Crippen LogP contribution is -2.20. The van der Waals surface area contributed by atoms with E-state index in [4.69, 9.17) is 9.47 Å². The topological polar surface area (TPSA) is 35.5 Å². The summed E-state index contributed by atoms with van der Waals surface area (Å²) in [6.07, 6.45) is -0.661. The van der Waals surface area contributed by atoms with Crippen molar-refractivity contribution in [3.63, 3.8) is 0 Å². The molecule has 0 bridgehead atoms. The zero-order valence-corrected chi connectivity index (χ0v) is 8.91. The van der Waals surface area contributed by atoms with Gasteiger partial charge < -0.3 is 9.47 Å². The van der Waals surface area contributed by atoms with Gasteiger partial charge in [0.05, 0.1) is 12.7 Å². The third kappa shape index (κ3) is 2.33. The number of methoxy groups -OCH3 is 2. The van der Waals surface area contributed by atoms with Crippen molar-refractivity contribution in [2.45, 2.75) is 13.0 Å². The molecule has 1 aromatic rings. The number of hydrogen-bond acceptors (Lipinski definition) is 3. The first kappa shape index (κ1) is 11.7. The maximum atomic E-state index is 13.6. The number of ketones is 1. The van der Waals surface area contributed by atoms with E-state index in [1.54, 1.807) is 13.0 Å². The second kappa shape index (κ2) is 4.89. The van der Waals surface area contributed by atoms with Crippen molar-refractivity contribution >= 4 is 5.78 Å². The molecule has 0 aliphatic carbocycles. The molecule has 0 saturated heterocycles. The van der Waals surface area contributed by atoms with Gasteiger partial charge in [-0.15, -0.1) is 0 Å². The van der Waals surface area contributed by atoms with Crippen LogP contribution >= 0.6 is 0 Å². The molecular formula is C11H13FO3. The first-order chi connectivity index (χ1) is 7.11. The summed E-state index contributed by atoms with van der Waals surface area (Å²) < 4.78 is 23.2. The number of ether oxygens (including phenoxy) is 2. The van der Waals surface area contributed by atoms with Crippen LogP contribution in [0.2, 0.25) is 0 Å². The summed E-state index contributed by atoms with van der Waals surface area (Å²) in [4.78, 5) is 11.6. The van der Waals surface area contributed by atoms with E-state index in [9.17, 15) is 9.18 Å². The number of benzene rings is 1. The van der Waals surface area contributed by atoms with Crippen LogP contribution in [0.1, 0.15) is 17.3 Å². The summed E-state index contributed by atoms with van der Waals surface area (Å²) in [5, 5.41) is 0. The number of carbonyl (C=O) groups is 1. The van der Waals surface area contributed by atoms with Gasteiger partial charge >= 0.3 is 0 Å². The van der Waals surface area contributed by atoms with Crippen molar-refractivity contribution in [1.29, 1.82) is 0 Å². The summed E-state index contributed by atoms with van der Waals surface area (Å²) in [5.74, 6) is -0.980. The molecule has 0 aliphatic heterocycles. The van der Waals surface area contributed by atoms with Gasteiger partial charge in [-0.3, -0.25) is 4.79 Å². The van der Waals surface area contributed by atoms with Crippen LogP contribution in [0.5, 0.6) is 5.75 Å². The molecule has 0 radical (unpaired) electrons. The quantitative estimate of drug-likeness (QED) is 0.716. The van der Waals surface area contributed by atoms with Crippen LogP contribution in [-0.4, -0.2) is 26.1 Å². The van der Waals surface area contributed by atoms with Crippen LogP contribution < -0.4 is 4.74 Å². The predicted octanol–water partition coefficient (Wildman–Crippen LogP) is 2.05. The van der Waals surface area contributed by atoms with Crippen molar-refractivity contribution < 1.29 is 18.7 Å². The van der Waals surface area contributed by atoms with Gasteiger partial charge in [-0.2, -0.15) is 0 Å². The van der Waals surface area contributed by atoms with Gasteiger partial charge in [0, 0.05) is 7.11 Å². The Labute approximate surface area is 87.8 Å². The van der Waals surface area contributed by atoms with Crippen molar-refractivity contribution in [3.8, 4) is 5.75 Å². The van der Waals surface area contributed by atoms with Crippen LogP contribution in [0.3, 0.4) is 0 Å². The molecule has 4 heteroatoms. The van der Waals surface area contributed by atoms with Crippen LogP contribution in [0, 0.1) is 5.82 Å². The van der Waals surface area contributed by atoms with Crippen molar-refractivity contribution in [2.75, 3.05) is 14.2 Å². The van der Waals surface area contributed by atoms with Crippen LogP contribution in [0.15, 0.2) is 18.2 Å². The number of Topliss-reactive ketones (excluding diaryl/α,β-unsaturated/α-hetero) is 1. The van der Waals surface area contributed by atoms with E-state index in [0.29, 0.717) is 0 Å². The molecule has 1 unspecified atom stereocenters. The fourth-order valence-electron chi connectivity index (χ4n) is 1.18. The van der Waals surface area contributed by atoms with Gasteiger partial charge in [-0.25, -0.2) is 4.39 Å². The van der Waals surface area contributed by atoms with Gasteiger partial charge in [0.1, 0.15) is 6.10 Å². The molecule has 15 heavy (non-hydrogen) atoms. The average Bonchev–Trinajstić information content (AvgIpc) is 2.27. The maximum absolute atomic E-state index is 13.6. The highest BCUT2D eigenvalue weighted by atomic mass is 19.1. The highest BCUT2D eigenvalue weighted by Crippen LogP contribution is 2.21. The standard InChI is InChI=1S/C11H13FO3/c1-7(14-2)11(13)8-5-4-6-9(15-3)10(8)12/h4-7H,1-3H3. The third-order valence-corrected chi connectivity index (χ3v) is 2.17. The van der Waals surface area contributed by atoms with E-state index in [1.165, 1.54) is 26.4 Å². The largest absolute Gasteiger partial charge is 0.494 e.